The quantitative estimate of drug-likeness (QED) is 0.349. The molecule has 4 aromatic rings. The van der Waals surface area contributed by atoms with E-state index in [-0.39, 0.29) is 5.69 Å². The highest BCUT2D eigenvalue weighted by atomic mass is 79.9. The lowest BCUT2D eigenvalue weighted by atomic mass is 10.2. The summed E-state index contributed by atoms with van der Waals surface area (Å²) >= 11 is 9.79. The van der Waals surface area contributed by atoms with E-state index >= 15 is 0 Å². The van der Waals surface area contributed by atoms with Crippen molar-refractivity contribution in [2.45, 2.75) is 20.4 Å². The van der Waals surface area contributed by atoms with Crippen LogP contribution < -0.4 is 4.72 Å². The van der Waals surface area contributed by atoms with Gasteiger partial charge < -0.3 is 4.57 Å². The van der Waals surface area contributed by atoms with Crippen LogP contribution in [0.3, 0.4) is 0 Å². The lowest BCUT2D eigenvalue weighted by molar-refractivity contribution is 0.0977. The number of carbonyl (C=O) groups excluding carboxylic acids is 1. The normalized spacial score (nSPS) is 11.9. The van der Waals surface area contributed by atoms with Crippen LogP contribution in [0.25, 0.3) is 17.2 Å². The minimum atomic E-state index is -4.02. The zero-order valence-electron chi connectivity index (χ0n) is 18.3. The van der Waals surface area contributed by atoms with Gasteiger partial charge in [0, 0.05) is 9.50 Å². The molecule has 2 aromatic heterocycles. The van der Waals surface area contributed by atoms with E-state index in [1.54, 1.807) is 37.3 Å². The molecular weight excluding hydrogens is 540 g/mol. The molecule has 174 valence electrons. The van der Waals surface area contributed by atoms with Gasteiger partial charge in [0.15, 0.2) is 5.65 Å². The van der Waals surface area contributed by atoms with Crippen molar-refractivity contribution in [3.05, 3.63) is 97.7 Å². The number of imidazole rings is 1. The van der Waals surface area contributed by atoms with Gasteiger partial charge in [0.25, 0.3) is 15.9 Å². The number of amides is 1. The van der Waals surface area contributed by atoms with Gasteiger partial charge in [-0.1, -0.05) is 63.9 Å². The Bertz CT molecular complexity index is 1530. The number of rotatable bonds is 6. The number of sulfonamides is 1. The van der Waals surface area contributed by atoms with Gasteiger partial charge >= 0.3 is 0 Å². The average Bonchev–Trinajstić information content (AvgIpc) is 3.10. The molecule has 10 heteroatoms. The Morgan fingerprint density at radius 1 is 1.12 bits per heavy atom. The maximum Gasteiger partial charge on any atom is 0.283 e. The van der Waals surface area contributed by atoms with E-state index in [9.17, 15) is 13.2 Å². The van der Waals surface area contributed by atoms with Crippen LogP contribution in [0.4, 0.5) is 0 Å². The minimum Gasteiger partial charge on any atom is -0.308 e. The molecule has 0 unspecified atom stereocenters. The predicted octanol–water partition coefficient (Wildman–Crippen LogP) is 5.24. The van der Waals surface area contributed by atoms with E-state index in [1.165, 1.54) is 12.1 Å². The summed E-state index contributed by atoms with van der Waals surface area (Å²) in [7, 11) is -4.02. The van der Waals surface area contributed by atoms with Crippen LogP contribution in [0.1, 0.15) is 33.0 Å². The van der Waals surface area contributed by atoms with Gasteiger partial charge in [-0.3, -0.25) is 4.79 Å². The van der Waals surface area contributed by atoms with Crippen molar-refractivity contribution >= 4 is 60.7 Å². The number of fused-ring (bicyclic) bond motifs is 1. The van der Waals surface area contributed by atoms with Crippen LogP contribution >= 0.6 is 27.5 Å². The number of aromatic nitrogens is 3. The highest BCUT2D eigenvalue weighted by Gasteiger charge is 2.19. The van der Waals surface area contributed by atoms with Gasteiger partial charge in [0.05, 0.1) is 12.0 Å². The molecule has 2 heterocycles. The number of pyridine rings is 1. The maximum absolute atomic E-state index is 12.8. The summed E-state index contributed by atoms with van der Waals surface area (Å²) in [6.45, 7) is 4.03. The Kier molecular flexibility index (Phi) is 6.88. The van der Waals surface area contributed by atoms with Crippen LogP contribution in [0, 0.1) is 13.8 Å². The van der Waals surface area contributed by atoms with Gasteiger partial charge in [0.1, 0.15) is 17.0 Å². The van der Waals surface area contributed by atoms with E-state index in [0.29, 0.717) is 39.7 Å². The monoisotopic (exact) mass is 558 g/mol. The van der Waals surface area contributed by atoms with Gasteiger partial charge in [-0.05, 0) is 54.8 Å². The van der Waals surface area contributed by atoms with Crippen molar-refractivity contribution in [3.63, 3.8) is 0 Å². The molecule has 1 N–H and O–H groups in total. The fourth-order valence-electron chi connectivity index (χ4n) is 3.42. The second-order valence-corrected chi connectivity index (χ2v) is 10.6. The second-order valence-electron chi connectivity index (χ2n) is 7.67. The summed E-state index contributed by atoms with van der Waals surface area (Å²) in [5.74, 6) is -0.129. The number of hydrogen-bond acceptors (Lipinski definition) is 5. The second kappa shape index (κ2) is 9.69. The standard InChI is InChI=1S/C24H20BrClN4O3S/c1-15-12-21(24(31)29-34(32,33)11-10-17-6-4-3-5-7-17)28-23-22(15)27-16(2)30(23)14-18-8-9-19(25)13-20(18)26/h3-13H,14H2,1-2H3,(H,29,31). The molecule has 0 spiro atoms. The molecule has 1 amide bonds. The van der Waals surface area contributed by atoms with E-state index in [0.717, 1.165) is 15.4 Å². The summed E-state index contributed by atoms with van der Waals surface area (Å²) in [5, 5.41) is 1.53. The summed E-state index contributed by atoms with van der Waals surface area (Å²) in [6, 6.07) is 16.0. The molecule has 34 heavy (non-hydrogen) atoms. The molecule has 0 saturated heterocycles. The molecule has 4 rings (SSSR count). The van der Waals surface area contributed by atoms with E-state index in [4.69, 9.17) is 11.6 Å². The number of aryl methyl sites for hydroxylation is 2. The summed E-state index contributed by atoms with van der Waals surface area (Å²) in [5.41, 5.74) is 3.34. The van der Waals surface area contributed by atoms with Crippen molar-refractivity contribution < 1.29 is 13.2 Å². The maximum atomic E-state index is 12.8. The third-order valence-corrected chi connectivity index (χ3v) is 6.94. The Balaban J connectivity index is 1.65. The van der Waals surface area contributed by atoms with Gasteiger partial charge in [-0.15, -0.1) is 0 Å². The van der Waals surface area contributed by atoms with Crippen LogP contribution in [0.15, 0.2) is 64.5 Å². The van der Waals surface area contributed by atoms with E-state index in [2.05, 4.69) is 30.6 Å². The Labute approximate surface area is 210 Å². The van der Waals surface area contributed by atoms with Crippen molar-refractivity contribution in [3.8, 4) is 0 Å². The molecule has 0 atom stereocenters. The number of benzene rings is 2. The van der Waals surface area contributed by atoms with Crippen LogP contribution in [0.2, 0.25) is 5.02 Å². The summed E-state index contributed by atoms with van der Waals surface area (Å²) in [4.78, 5) is 21.8. The molecule has 2 aromatic carbocycles. The van der Waals surface area contributed by atoms with Crippen LogP contribution in [-0.2, 0) is 16.6 Å². The number of carbonyl (C=O) groups is 1. The highest BCUT2D eigenvalue weighted by Crippen LogP contribution is 2.25. The SMILES string of the molecule is Cc1cc(C(=O)NS(=O)(=O)C=Cc2ccccc2)nc2c1nc(C)n2Cc1ccc(Br)cc1Cl. The van der Waals surface area contributed by atoms with Crippen molar-refractivity contribution in [2.75, 3.05) is 0 Å². The number of nitrogens with zero attached hydrogens (tertiary/aromatic N) is 3. The van der Waals surface area contributed by atoms with Gasteiger partial charge in [0.2, 0.25) is 0 Å². The summed E-state index contributed by atoms with van der Waals surface area (Å²) in [6.07, 6.45) is 1.41. The molecule has 0 saturated carbocycles. The number of hydrogen-bond donors (Lipinski definition) is 1. The molecular formula is C24H20BrClN4O3S. The van der Waals surface area contributed by atoms with Gasteiger partial charge in [-0.2, -0.15) is 0 Å². The van der Waals surface area contributed by atoms with E-state index in [1.807, 2.05) is 29.7 Å². The van der Waals surface area contributed by atoms with Crippen molar-refractivity contribution in [2.24, 2.45) is 0 Å². The van der Waals surface area contributed by atoms with Crippen LogP contribution in [-0.4, -0.2) is 28.9 Å². The summed E-state index contributed by atoms with van der Waals surface area (Å²) < 4.78 is 29.6. The fraction of sp³-hybridized carbons (Fsp3) is 0.125. The molecule has 0 bridgehead atoms. The number of nitrogens with one attached hydrogen (secondary N) is 1. The largest absolute Gasteiger partial charge is 0.308 e. The zero-order valence-corrected chi connectivity index (χ0v) is 21.4. The molecule has 0 fully saturated rings. The Morgan fingerprint density at radius 2 is 1.85 bits per heavy atom. The first-order valence-electron chi connectivity index (χ1n) is 10.2. The average molecular weight is 560 g/mol. The van der Waals surface area contributed by atoms with Gasteiger partial charge in [-0.25, -0.2) is 23.1 Å². The Hall–Kier alpha value is -3.01. The topological polar surface area (TPSA) is 93.9 Å². The first kappa shape index (κ1) is 24.1. The lowest BCUT2D eigenvalue weighted by Crippen LogP contribution is -2.29. The van der Waals surface area contributed by atoms with Crippen molar-refractivity contribution in [1.29, 1.82) is 0 Å². The third-order valence-electron chi connectivity index (χ3n) is 5.14. The predicted molar refractivity (Wildman–Crippen MR) is 137 cm³/mol. The first-order valence-corrected chi connectivity index (χ1v) is 12.9. The minimum absolute atomic E-state index is 0.0234. The van der Waals surface area contributed by atoms with Crippen LogP contribution in [0.5, 0.6) is 0 Å². The molecule has 7 nitrogen and oxygen atoms in total. The zero-order chi connectivity index (χ0) is 24.5. The third kappa shape index (κ3) is 5.38. The molecule has 0 aliphatic rings. The highest BCUT2D eigenvalue weighted by molar-refractivity contribution is 9.10. The first-order chi connectivity index (χ1) is 16.1. The lowest BCUT2D eigenvalue weighted by Gasteiger charge is -2.10. The molecule has 0 aliphatic heterocycles. The smallest absolute Gasteiger partial charge is 0.283 e. The van der Waals surface area contributed by atoms with Crippen molar-refractivity contribution in [1.82, 2.24) is 19.3 Å². The Morgan fingerprint density at radius 3 is 2.56 bits per heavy atom. The molecule has 0 radical (unpaired) electrons. The molecule has 0 aliphatic carbocycles. The fourth-order valence-corrected chi connectivity index (χ4v) is 4.93. The number of halogens is 2. The van der Waals surface area contributed by atoms with E-state index < -0.39 is 15.9 Å².